The van der Waals surface area contributed by atoms with Crippen molar-refractivity contribution in [2.45, 2.75) is 25.5 Å². The van der Waals surface area contributed by atoms with Gasteiger partial charge >= 0.3 is 0 Å². The first-order valence-corrected chi connectivity index (χ1v) is 11.2. The number of aryl methyl sites for hydroxylation is 1. The lowest BCUT2D eigenvalue weighted by atomic mass is 10.1. The molecule has 1 aromatic heterocycles. The van der Waals surface area contributed by atoms with Crippen molar-refractivity contribution in [3.8, 4) is 11.4 Å². The molecule has 0 saturated heterocycles. The summed E-state index contributed by atoms with van der Waals surface area (Å²) in [5.74, 6) is 0.233. The third-order valence-electron chi connectivity index (χ3n) is 5.20. The van der Waals surface area contributed by atoms with Crippen LogP contribution in [-0.2, 0) is 28.6 Å². The van der Waals surface area contributed by atoms with E-state index in [1.807, 2.05) is 37.3 Å². The van der Waals surface area contributed by atoms with E-state index in [-0.39, 0.29) is 11.6 Å². The van der Waals surface area contributed by atoms with E-state index in [0.29, 0.717) is 31.8 Å². The van der Waals surface area contributed by atoms with Gasteiger partial charge in [0.2, 0.25) is 10.0 Å². The molecule has 0 atom stereocenters. The van der Waals surface area contributed by atoms with Crippen LogP contribution in [0.2, 0.25) is 0 Å². The number of fused-ring (bicyclic) bond motifs is 1. The molecule has 2 aromatic carbocycles. The van der Waals surface area contributed by atoms with Gasteiger partial charge in [0, 0.05) is 36.5 Å². The minimum Gasteiger partial charge on any atom is -0.233 e. The van der Waals surface area contributed by atoms with Gasteiger partial charge in [0.05, 0.1) is 5.75 Å². The number of aromatic nitrogens is 2. The standard InChI is InChI=1S/C22H22FN3O2S/c1-16-20-11-13-26(29(27,28)15-17-5-3-2-4-6-17)14-12-21(20)25-22(24-16)18-7-9-19(23)10-8-18/h2-10H,11-15H2,1H3. The number of hydrogen-bond acceptors (Lipinski definition) is 4. The van der Waals surface area contributed by atoms with Crippen LogP contribution in [0, 0.1) is 12.7 Å². The predicted molar refractivity (Wildman–Crippen MR) is 110 cm³/mol. The van der Waals surface area contributed by atoms with E-state index in [4.69, 9.17) is 0 Å². The van der Waals surface area contributed by atoms with Crippen LogP contribution in [0.4, 0.5) is 4.39 Å². The van der Waals surface area contributed by atoms with E-state index >= 15 is 0 Å². The molecule has 1 aliphatic heterocycles. The quantitative estimate of drug-likeness (QED) is 0.659. The lowest BCUT2D eigenvalue weighted by molar-refractivity contribution is 0.425. The average Bonchev–Trinajstić information content (AvgIpc) is 2.92. The largest absolute Gasteiger partial charge is 0.233 e. The highest BCUT2D eigenvalue weighted by molar-refractivity contribution is 7.88. The highest BCUT2D eigenvalue weighted by atomic mass is 32.2. The Bertz CT molecular complexity index is 1120. The van der Waals surface area contributed by atoms with E-state index in [2.05, 4.69) is 9.97 Å². The first-order valence-electron chi connectivity index (χ1n) is 9.56. The fourth-order valence-corrected chi connectivity index (χ4v) is 5.18. The lowest BCUT2D eigenvalue weighted by Crippen LogP contribution is -2.34. The summed E-state index contributed by atoms with van der Waals surface area (Å²) in [5, 5.41) is 0. The summed E-state index contributed by atoms with van der Waals surface area (Å²) < 4.78 is 40.6. The van der Waals surface area contributed by atoms with Gasteiger partial charge in [-0.3, -0.25) is 0 Å². The number of benzene rings is 2. The van der Waals surface area contributed by atoms with Crippen molar-refractivity contribution < 1.29 is 12.8 Å². The SMILES string of the molecule is Cc1nc(-c2ccc(F)cc2)nc2c1CCN(S(=O)(=O)Cc1ccccc1)CC2. The van der Waals surface area contributed by atoms with E-state index in [1.165, 1.54) is 12.1 Å². The van der Waals surface area contributed by atoms with E-state index in [0.717, 1.165) is 28.1 Å². The number of hydrogen-bond donors (Lipinski definition) is 0. The molecular weight excluding hydrogens is 389 g/mol. The van der Waals surface area contributed by atoms with Crippen LogP contribution in [0.5, 0.6) is 0 Å². The second-order valence-corrected chi connectivity index (χ2v) is 9.17. The Balaban J connectivity index is 1.57. The number of sulfonamides is 1. The maximum absolute atomic E-state index is 13.2. The van der Waals surface area contributed by atoms with Gasteiger partial charge in [-0.25, -0.2) is 27.1 Å². The fourth-order valence-electron chi connectivity index (χ4n) is 3.65. The lowest BCUT2D eigenvalue weighted by Gasteiger charge is -2.19. The molecule has 4 rings (SSSR count). The molecule has 150 valence electrons. The van der Waals surface area contributed by atoms with Crippen LogP contribution < -0.4 is 0 Å². The zero-order chi connectivity index (χ0) is 20.4. The second-order valence-electron chi connectivity index (χ2n) is 7.21. The van der Waals surface area contributed by atoms with Crippen LogP contribution >= 0.6 is 0 Å². The van der Waals surface area contributed by atoms with Crippen LogP contribution in [0.3, 0.4) is 0 Å². The predicted octanol–water partition coefficient (Wildman–Crippen LogP) is 3.52. The maximum Gasteiger partial charge on any atom is 0.218 e. The fraction of sp³-hybridized carbons (Fsp3) is 0.273. The summed E-state index contributed by atoms with van der Waals surface area (Å²) in [4.78, 5) is 9.26. The molecule has 2 heterocycles. The highest BCUT2D eigenvalue weighted by Crippen LogP contribution is 2.24. The van der Waals surface area contributed by atoms with Gasteiger partial charge in [-0.1, -0.05) is 30.3 Å². The first kappa shape index (κ1) is 19.7. The van der Waals surface area contributed by atoms with Crippen molar-refractivity contribution in [3.63, 3.8) is 0 Å². The highest BCUT2D eigenvalue weighted by Gasteiger charge is 2.27. The van der Waals surface area contributed by atoms with Crippen LogP contribution in [0.25, 0.3) is 11.4 Å². The van der Waals surface area contributed by atoms with Gasteiger partial charge in [-0.15, -0.1) is 0 Å². The van der Waals surface area contributed by atoms with E-state index in [9.17, 15) is 12.8 Å². The molecule has 0 bridgehead atoms. The molecule has 3 aromatic rings. The Morgan fingerprint density at radius 3 is 2.38 bits per heavy atom. The van der Waals surface area contributed by atoms with Crippen molar-refractivity contribution in [3.05, 3.63) is 82.9 Å². The molecule has 5 nitrogen and oxygen atoms in total. The summed E-state index contributed by atoms with van der Waals surface area (Å²) in [7, 11) is -3.41. The molecule has 0 unspecified atom stereocenters. The normalized spacial score (nSPS) is 15.0. The second kappa shape index (κ2) is 8.00. The minimum absolute atomic E-state index is 0.00429. The molecule has 0 fully saturated rings. The van der Waals surface area contributed by atoms with Gasteiger partial charge in [-0.2, -0.15) is 0 Å². The Morgan fingerprint density at radius 2 is 1.66 bits per heavy atom. The summed E-state index contributed by atoms with van der Waals surface area (Å²) in [6.45, 7) is 2.73. The van der Waals surface area contributed by atoms with E-state index < -0.39 is 10.0 Å². The smallest absolute Gasteiger partial charge is 0.218 e. The summed E-state index contributed by atoms with van der Waals surface area (Å²) in [6, 6.07) is 15.3. The van der Waals surface area contributed by atoms with Gasteiger partial charge in [0.25, 0.3) is 0 Å². The zero-order valence-corrected chi connectivity index (χ0v) is 17.0. The molecule has 0 amide bonds. The van der Waals surface area contributed by atoms with Crippen molar-refractivity contribution >= 4 is 10.0 Å². The summed E-state index contributed by atoms with van der Waals surface area (Å²) >= 11 is 0. The molecule has 1 aliphatic rings. The average molecular weight is 412 g/mol. The van der Waals surface area contributed by atoms with Crippen LogP contribution in [0.1, 0.15) is 22.5 Å². The number of nitrogens with zero attached hydrogens (tertiary/aromatic N) is 3. The van der Waals surface area contributed by atoms with Gasteiger partial charge < -0.3 is 0 Å². The molecule has 0 spiro atoms. The molecule has 0 radical (unpaired) electrons. The Labute approximate surface area is 170 Å². The van der Waals surface area contributed by atoms with Gasteiger partial charge in [0.15, 0.2) is 5.82 Å². The topological polar surface area (TPSA) is 63.2 Å². The summed E-state index contributed by atoms with van der Waals surface area (Å²) in [6.07, 6.45) is 1.11. The Hall–Kier alpha value is -2.64. The maximum atomic E-state index is 13.2. The molecule has 0 aliphatic carbocycles. The zero-order valence-electron chi connectivity index (χ0n) is 16.2. The molecule has 29 heavy (non-hydrogen) atoms. The van der Waals surface area contributed by atoms with Crippen molar-refractivity contribution in [2.75, 3.05) is 13.1 Å². The molecule has 0 N–H and O–H groups in total. The Kier molecular flexibility index (Phi) is 5.43. The van der Waals surface area contributed by atoms with Crippen molar-refractivity contribution in [1.82, 2.24) is 14.3 Å². The summed E-state index contributed by atoms with van der Waals surface area (Å²) in [5.41, 5.74) is 4.25. The third kappa shape index (κ3) is 4.36. The van der Waals surface area contributed by atoms with Crippen molar-refractivity contribution in [2.24, 2.45) is 0 Å². The number of halogens is 1. The van der Waals surface area contributed by atoms with Crippen molar-refractivity contribution in [1.29, 1.82) is 0 Å². The van der Waals surface area contributed by atoms with Crippen LogP contribution in [-0.4, -0.2) is 35.8 Å². The monoisotopic (exact) mass is 411 g/mol. The third-order valence-corrected chi connectivity index (χ3v) is 7.05. The van der Waals surface area contributed by atoms with E-state index in [1.54, 1.807) is 16.4 Å². The molecule has 0 saturated carbocycles. The Morgan fingerprint density at radius 1 is 0.966 bits per heavy atom. The number of rotatable bonds is 4. The molecule has 7 heteroatoms. The van der Waals surface area contributed by atoms with Gasteiger partial charge in [-0.05, 0) is 48.7 Å². The van der Waals surface area contributed by atoms with Gasteiger partial charge in [0.1, 0.15) is 5.82 Å². The first-order chi connectivity index (χ1) is 13.9. The molecular formula is C22H22FN3O2S. The minimum atomic E-state index is -3.41. The van der Waals surface area contributed by atoms with Crippen LogP contribution in [0.15, 0.2) is 54.6 Å².